The molecule has 2 N–H and O–H groups in total. The molecule has 0 bridgehead atoms. The number of alkyl halides is 2. The lowest BCUT2D eigenvalue weighted by molar-refractivity contribution is -0.0498. The average Bonchev–Trinajstić information content (AvgIpc) is 2.81. The van der Waals surface area contributed by atoms with E-state index in [2.05, 4.69) is 9.72 Å². The molecule has 4 nitrogen and oxygen atoms in total. The Morgan fingerprint density at radius 2 is 2.00 bits per heavy atom. The van der Waals surface area contributed by atoms with E-state index in [-0.39, 0.29) is 5.75 Å². The Kier molecular flexibility index (Phi) is 2.98. The lowest BCUT2D eigenvalue weighted by Crippen LogP contribution is -2.01. The zero-order valence-corrected chi connectivity index (χ0v) is 10.2. The summed E-state index contributed by atoms with van der Waals surface area (Å²) in [5.41, 5.74) is 7.97. The van der Waals surface area contributed by atoms with Crippen LogP contribution in [-0.2, 0) is 0 Å². The summed E-state index contributed by atoms with van der Waals surface area (Å²) in [6.45, 7) is -2.87. The highest BCUT2D eigenvalue weighted by molar-refractivity contribution is 5.79. The number of rotatable bonds is 3. The van der Waals surface area contributed by atoms with E-state index in [9.17, 15) is 8.78 Å². The maximum absolute atomic E-state index is 12.2. The van der Waals surface area contributed by atoms with Crippen molar-refractivity contribution < 1.29 is 17.9 Å². The van der Waals surface area contributed by atoms with Crippen molar-refractivity contribution in [3.05, 3.63) is 42.5 Å². The molecular formula is C14H10F2N2O2. The summed E-state index contributed by atoms with van der Waals surface area (Å²) >= 11 is 0. The summed E-state index contributed by atoms with van der Waals surface area (Å²) < 4.78 is 34.3. The summed E-state index contributed by atoms with van der Waals surface area (Å²) in [7, 11) is 0. The molecule has 1 aromatic heterocycles. The van der Waals surface area contributed by atoms with E-state index in [1.165, 1.54) is 12.1 Å². The zero-order valence-electron chi connectivity index (χ0n) is 10.2. The number of aromatic nitrogens is 1. The van der Waals surface area contributed by atoms with Gasteiger partial charge in [-0.1, -0.05) is 6.07 Å². The van der Waals surface area contributed by atoms with Gasteiger partial charge in [0.2, 0.25) is 5.89 Å². The van der Waals surface area contributed by atoms with E-state index in [1.54, 1.807) is 30.3 Å². The van der Waals surface area contributed by atoms with Gasteiger partial charge in [-0.25, -0.2) is 4.98 Å². The Morgan fingerprint density at radius 3 is 2.80 bits per heavy atom. The van der Waals surface area contributed by atoms with Crippen LogP contribution in [0.5, 0.6) is 5.75 Å². The maximum atomic E-state index is 12.2. The van der Waals surface area contributed by atoms with Crippen LogP contribution < -0.4 is 10.5 Å². The van der Waals surface area contributed by atoms with Crippen LogP contribution in [0, 0.1) is 0 Å². The quantitative estimate of drug-likeness (QED) is 0.741. The first-order valence-electron chi connectivity index (χ1n) is 5.83. The maximum Gasteiger partial charge on any atom is 0.387 e. The largest absolute Gasteiger partial charge is 0.436 e. The van der Waals surface area contributed by atoms with Gasteiger partial charge in [0.1, 0.15) is 11.3 Å². The normalized spacial score (nSPS) is 11.2. The molecule has 3 aromatic rings. The third-order valence-corrected chi connectivity index (χ3v) is 2.72. The standard InChI is InChI=1S/C14H10F2N2O2/c15-14(16)19-10-3-1-2-8(6-10)13-18-11-5-4-9(17)7-12(11)20-13/h1-7,14H,17H2. The lowest BCUT2D eigenvalue weighted by atomic mass is 10.2. The highest BCUT2D eigenvalue weighted by Gasteiger charge is 2.11. The zero-order chi connectivity index (χ0) is 14.1. The highest BCUT2D eigenvalue weighted by Crippen LogP contribution is 2.28. The van der Waals surface area contributed by atoms with Crippen molar-refractivity contribution in [2.24, 2.45) is 0 Å². The Hall–Kier alpha value is -2.63. The fraction of sp³-hybridized carbons (Fsp3) is 0.0714. The number of nitrogens with zero attached hydrogens (tertiary/aromatic N) is 1. The Morgan fingerprint density at radius 1 is 1.15 bits per heavy atom. The van der Waals surface area contributed by atoms with Gasteiger partial charge in [-0.05, 0) is 30.3 Å². The van der Waals surface area contributed by atoms with Gasteiger partial charge in [-0.2, -0.15) is 8.78 Å². The fourth-order valence-corrected chi connectivity index (χ4v) is 1.87. The van der Waals surface area contributed by atoms with Gasteiger partial charge in [-0.3, -0.25) is 0 Å². The van der Waals surface area contributed by atoms with Crippen molar-refractivity contribution in [1.82, 2.24) is 4.98 Å². The number of hydrogen-bond donors (Lipinski definition) is 1. The van der Waals surface area contributed by atoms with E-state index in [0.717, 1.165) is 0 Å². The van der Waals surface area contributed by atoms with E-state index in [0.29, 0.717) is 28.2 Å². The van der Waals surface area contributed by atoms with Gasteiger partial charge >= 0.3 is 6.61 Å². The number of fused-ring (bicyclic) bond motifs is 1. The predicted molar refractivity (Wildman–Crippen MR) is 70.5 cm³/mol. The number of nitrogens with two attached hydrogens (primary N) is 1. The molecule has 0 radical (unpaired) electrons. The van der Waals surface area contributed by atoms with Gasteiger partial charge < -0.3 is 14.9 Å². The summed E-state index contributed by atoms with van der Waals surface area (Å²) in [5.74, 6) is 0.379. The number of anilines is 1. The number of nitrogen functional groups attached to an aromatic ring is 1. The first kappa shape index (κ1) is 12.4. The monoisotopic (exact) mass is 276 g/mol. The minimum atomic E-state index is -2.87. The molecule has 0 amide bonds. The molecular weight excluding hydrogens is 266 g/mol. The number of halogens is 2. The fourth-order valence-electron chi connectivity index (χ4n) is 1.87. The molecule has 0 fully saturated rings. The van der Waals surface area contributed by atoms with Crippen LogP contribution in [0.4, 0.5) is 14.5 Å². The first-order valence-corrected chi connectivity index (χ1v) is 5.83. The van der Waals surface area contributed by atoms with Gasteiger partial charge in [0.15, 0.2) is 5.58 Å². The summed E-state index contributed by atoms with van der Waals surface area (Å²) in [6.07, 6.45) is 0. The third-order valence-electron chi connectivity index (χ3n) is 2.72. The van der Waals surface area contributed by atoms with Crippen molar-refractivity contribution >= 4 is 16.8 Å². The smallest absolute Gasteiger partial charge is 0.387 e. The van der Waals surface area contributed by atoms with Gasteiger partial charge in [-0.15, -0.1) is 0 Å². The topological polar surface area (TPSA) is 61.3 Å². The van der Waals surface area contributed by atoms with E-state index < -0.39 is 6.61 Å². The van der Waals surface area contributed by atoms with Crippen LogP contribution in [0.3, 0.4) is 0 Å². The minimum absolute atomic E-state index is 0.0549. The Labute approximate surface area is 112 Å². The molecule has 0 saturated heterocycles. The van der Waals surface area contributed by atoms with E-state index >= 15 is 0 Å². The van der Waals surface area contributed by atoms with Crippen molar-refractivity contribution in [3.8, 4) is 17.2 Å². The van der Waals surface area contributed by atoms with Gasteiger partial charge in [0, 0.05) is 17.3 Å². The molecule has 0 unspecified atom stereocenters. The molecule has 20 heavy (non-hydrogen) atoms. The first-order chi connectivity index (χ1) is 9.61. The Bertz CT molecular complexity index is 756. The summed E-state index contributed by atoms with van der Waals surface area (Å²) in [4.78, 5) is 4.28. The number of hydrogen-bond acceptors (Lipinski definition) is 4. The predicted octanol–water partition coefficient (Wildman–Crippen LogP) is 3.68. The van der Waals surface area contributed by atoms with Crippen LogP contribution in [0.1, 0.15) is 0 Å². The number of ether oxygens (including phenoxy) is 1. The molecule has 0 spiro atoms. The van der Waals surface area contributed by atoms with Gasteiger partial charge in [0.05, 0.1) is 0 Å². The molecule has 1 heterocycles. The van der Waals surface area contributed by atoms with Crippen molar-refractivity contribution in [3.63, 3.8) is 0 Å². The number of benzene rings is 2. The lowest BCUT2D eigenvalue weighted by Gasteiger charge is -2.04. The van der Waals surface area contributed by atoms with Crippen LogP contribution in [0.25, 0.3) is 22.6 Å². The Balaban J connectivity index is 2.01. The van der Waals surface area contributed by atoms with E-state index in [1.807, 2.05) is 0 Å². The minimum Gasteiger partial charge on any atom is -0.436 e. The second kappa shape index (κ2) is 4.80. The third kappa shape index (κ3) is 2.40. The molecule has 102 valence electrons. The van der Waals surface area contributed by atoms with Gasteiger partial charge in [0.25, 0.3) is 0 Å². The van der Waals surface area contributed by atoms with Crippen molar-refractivity contribution in [1.29, 1.82) is 0 Å². The molecule has 0 aliphatic rings. The highest BCUT2D eigenvalue weighted by atomic mass is 19.3. The number of oxazole rings is 1. The second-order valence-electron chi connectivity index (χ2n) is 4.15. The SMILES string of the molecule is Nc1ccc2nc(-c3cccc(OC(F)F)c3)oc2c1. The van der Waals surface area contributed by atoms with Crippen LogP contribution in [0.2, 0.25) is 0 Å². The molecule has 2 aromatic carbocycles. The van der Waals surface area contributed by atoms with E-state index in [4.69, 9.17) is 10.2 Å². The van der Waals surface area contributed by atoms with Crippen molar-refractivity contribution in [2.45, 2.75) is 6.61 Å². The molecule has 0 saturated carbocycles. The molecule has 0 atom stereocenters. The van der Waals surface area contributed by atoms with Crippen LogP contribution in [0.15, 0.2) is 46.9 Å². The van der Waals surface area contributed by atoms with Crippen molar-refractivity contribution in [2.75, 3.05) is 5.73 Å². The average molecular weight is 276 g/mol. The molecule has 6 heteroatoms. The molecule has 0 aliphatic carbocycles. The molecule has 3 rings (SSSR count). The summed E-state index contributed by atoms with van der Waals surface area (Å²) in [5, 5.41) is 0. The second-order valence-corrected chi connectivity index (χ2v) is 4.15. The summed E-state index contributed by atoms with van der Waals surface area (Å²) in [6, 6.07) is 11.3. The molecule has 0 aliphatic heterocycles. The van der Waals surface area contributed by atoms with Crippen LogP contribution >= 0.6 is 0 Å². The van der Waals surface area contributed by atoms with Crippen LogP contribution in [-0.4, -0.2) is 11.6 Å².